The minimum Gasteiger partial charge on any atom is -0.326 e. The van der Waals surface area contributed by atoms with Crippen molar-refractivity contribution in [1.82, 2.24) is 0 Å². The number of rotatable bonds is 4. The third-order valence-electron chi connectivity index (χ3n) is 2.37. The van der Waals surface area contributed by atoms with E-state index in [2.05, 4.69) is 16.7 Å². The molecule has 0 aromatic heterocycles. The van der Waals surface area contributed by atoms with Crippen LogP contribution in [0.15, 0.2) is 18.2 Å². The van der Waals surface area contributed by atoms with Gasteiger partial charge >= 0.3 is 0 Å². The molecule has 0 aliphatic heterocycles. The number of amides is 2. The van der Waals surface area contributed by atoms with Crippen LogP contribution in [0, 0.1) is 17.9 Å². The summed E-state index contributed by atoms with van der Waals surface area (Å²) in [6, 6.07) is 7.95. The first kappa shape index (κ1) is 14.2. The summed E-state index contributed by atoms with van der Waals surface area (Å²) in [5.41, 5.74) is 1.27. The second kappa shape index (κ2) is 6.19. The van der Waals surface area contributed by atoms with E-state index in [-0.39, 0.29) is 23.7 Å². The zero-order chi connectivity index (χ0) is 13.7. The highest BCUT2D eigenvalue weighted by molar-refractivity contribution is 5.95. The first-order chi connectivity index (χ1) is 8.40. The third kappa shape index (κ3) is 4.20. The molecule has 18 heavy (non-hydrogen) atoms. The smallest absolute Gasteiger partial charge is 0.226 e. The number of benzene rings is 1. The molecule has 0 unspecified atom stereocenters. The highest BCUT2D eigenvalue weighted by atomic mass is 16.2. The molecule has 1 rings (SSSR count). The van der Waals surface area contributed by atoms with Crippen LogP contribution in [0.1, 0.15) is 27.7 Å². The zero-order valence-electron chi connectivity index (χ0n) is 11.2. The minimum atomic E-state index is -0.0843. The molecule has 97 valence electrons. The topological polar surface area (TPSA) is 58.2 Å². The normalized spacial score (nSPS) is 10.6. The molecule has 0 atom stereocenters. The largest absolute Gasteiger partial charge is 0.326 e. The van der Waals surface area contributed by atoms with Gasteiger partial charge in [-0.15, -0.1) is 0 Å². The number of anilines is 2. The Labute approximate surface area is 108 Å². The van der Waals surface area contributed by atoms with E-state index in [0.717, 1.165) is 0 Å². The second-order valence-electron chi connectivity index (χ2n) is 4.80. The Morgan fingerprint density at radius 3 is 1.67 bits per heavy atom. The summed E-state index contributed by atoms with van der Waals surface area (Å²) in [5.74, 6) is -0.288. The van der Waals surface area contributed by atoms with Crippen LogP contribution in [-0.4, -0.2) is 11.8 Å². The fourth-order valence-electron chi connectivity index (χ4n) is 1.19. The summed E-state index contributed by atoms with van der Waals surface area (Å²) in [4.78, 5) is 23.1. The van der Waals surface area contributed by atoms with Crippen molar-refractivity contribution in [2.45, 2.75) is 27.7 Å². The fraction of sp³-hybridized carbons (Fsp3) is 0.429. The van der Waals surface area contributed by atoms with Crippen LogP contribution in [0.4, 0.5) is 11.4 Å². The number of hydrogen-bond acceptors (Lipinski definition) is 2. The summed E-state index contributed by atoms with van der Waals surface area (Å²) in [6.45, 7) is 7.29. The summed E-state index contributed by atoms with van der Waals surface area (Å²) < 4.78 is 0. The molecule has 2 amide bonds. The Morgan fingerprint density at radius 2 is 1.33 bits per heavy atom. The Balaban J connectivity index is 2.74. The maximum absolute atomic E-state index is 11.5. The monoisotopic (exact) mass is 247 g/mol. The first-order valence-corrected chi connectivity index (χ1v) is 6.03. The fourth-order valence-corrected chi connectivity index (χ4v) is 1.19. The van der Waals surface area contributed by atoms with Crippen LogP contribution in [-0.2, 0) is 9.59 Å². The summed E-state index contributed by atoms with van der Waals surface area (Å²) in [7, 11) is 0. The van der Waals surface area contributed by atoms with Crippen molar-refractivity contribution in [3.8, 4) is 0 Å². The standard InChI is InChI=1S/C14H19N2O2/c1-9(2)13(17)15-11-6-5-7-12(8-11)16-14(18)10(3)4/h6-10H,1-4H3,(H,15,17)(H,16,18). The Kier molecular flexibility index (Phi) is 4.89. The van der Waals surface area contributed by atoms with Gasteiger partial charge in [0.2, 0.25) is 11.8 Å². The van der Waals surface area contributed by atoms with Crippen molar-refractivity contribution in [1.29, 1.82) is 0 Å². The molecule has 4 heteroatoms. The Hall–Kier alpha value is -1.84. The summed E-state index contributed by atoms with van der Waals surface area (Å²) in [6.07, 6.45) is 0. The van der Waals surface area contributed by atoms with Crippen molar-refractivity contribution in [3.63, 3.8) is 0 Å². The van der Waals surface area contributed by atoms with E-state index in [0.29, 0.717) is 11.4 Å². The molecule has 0 saturated carbocycles. The van der Waals surface area contributed by atoms with Gasteiger partial charge in [0.1, 0.15) is 0 Å². The molecule has 0 saturated heterocycles. The predicted molar refractivity (Wildman–Crippen MR) is 72.2 cm³/mol. The van der Waals surface area contributed by atoms with Crippen LogP contribution >= 0.6 is 0 Å². The molecule has 1 aromatic carbocycles. The van der Waals surface area contributed by atoms with Crippen LogP contribution in [0.2, 0.25) is 0 Å². The molecule has 2 N–H and O–H groups in total. The van der Waals surface area contributed by atoms with Gasteiger partial charge in [0.25, 0.3) is 0 Å². The molecule has 0 bridgehead atoms. The lowest BCUT2D eigenvalue weighted by molar-refractivity contribution is -0.119. The number of nitrogens with one attached hydrogen (secondary N) is 2. The Bertz CT molecular complexity index is 402. The van der Waals surface area contributed by atoms with E-state index in [1.807, 2.05) is 27.7 Å². The Morgan fingerprint density at radius 1 is 0.944 bits per heavy atom. The van der Waals surface area contributed by atoms with E-state index in [1.54, 1.807) is 18.2 Å². The van der Waals surface area contributed by atoms with Crippen molar-refractivity contribution in [2.75, 3.05) is 10.6 Å². The molecular weight excluding hydrogens is 228 g/mol. The van der Waals surface area contributed by atoms with Crippen LogP contribution < -0.4 is 10.6 Å². The zero-order valence-corrected chi connectivity index (χ0v) is 11.2. The van der Waals surface area contributed by atoms with Crippen LogP contribution in [0.5, 0.6) is 0 Å². The highest BCUT2D eigenvalue weighted by Gasteiger charge is 2.09. The van der Waals surface area contributed by atoms with Gasteiger partial charge in [0, 0.05) is 23.2 Å². The quantitative estimate of drug-likeness (QED) is 0.859. The lowest BCUT2D eigenvalue weighted by atomic mass is 10.2. The molecule has 0 spiro atoms. The maximum atomic E-state index is 11.5. The number of carbonyl (C=O) groups excluding carboxylic acids is 2. The molecule has 0 fully saturated rings. The molecule has 1 radical (unpaired) electrons. The van der Waals surface area contributed by atoms with Crippen molar-refractivity contribution < 1.29 is 9.59 Å². The third-order valence-corrected chi connectivity index (χ3v) is 2.37. The highest BCUT2D eigenvalue weighted by Crippen LogP contribution is 2.16. The molecule has 0 aliphatic carbocycles. The molecular formula is C14H19N2O2. The number of carbonyl (C=O) groups is 2. The van der Waals surface area contributed by atoms with Gasteiger partial charge in [-0.2, -0.15) is 0 Å². The second-order valence-corrected chi connectivity index (χ2v) is 4.80. The van der Waals surface area contributed by atoms with E-state index >= 15 is 0 Å². The molecule has 1 aromatic rings. The van der Waals surface area contributed by atoms with Crippen molar-refractivity contribution >= 4 is 23.2 Å². The van der Waals surface area contributed by atoms with Crippen molar-refractivity contribution in [2.24, 2.45) is 11.8 Å². The van der Waals surface area contributed by atoms with Gasteiger partial charge in [0.15, 0.2) is 0 Å². The van der Waals surface area contributed by atoms with Gasteiger partial charge < -0.3 is 10.6 Å². The predicted octanol–water partition coefficient (Wildman–Crippen LogP) is 2.68. The summed E-state index contributed by atoms with van der Waals surface area (Å²) in [5, 5.41) is 5.53. The van der Waals surface area contributed by atoms with Gasteiger partial charge in [-0.05, 0) is 24.3 Å². The lowest BCUT2D eigenvalue weighted by Crippen LogP contribution is -2.19. The van der Waals surface area contributed by atoms with Crippen LogP contribution in [0.25, 0.3) is 0 Å². The van der Waals surface area contributed by atoms with Crippen LogP contribution in [0.3, 0.4) is 0 Å². The average Bonchev–Trinajstić information content (AvgIpc) is 2.29. The average molecular weight is 247 g/mol. The summed E-state index contributed by atoms with van der Waals surface area (Å²) >= 11 is 0. The number of hydrogen-bond donors (Lipinski definition) is 2. The molecule has 4 nitrogen and oxygen atoms in total. The first-order valence-electron chi connectivity index (χ1n) is 6.03. The van der Waals surface area contributed by atoms with E-state index in [4.69, 9.17) is 0 Å². The SMILES string of the molecule is CC(C)C(=O)Nc1c[c]cc(NC(=O)C(C)C)c1. The van der Waals surface area contributed by atoms with Gasteiger partial charge in [0.05, 0.1) is 0 Å². The van der Waals surface area contributed by atoms with E-state index in [1.165, 1.54) is 0 Å². The van der Waals surface area contributed by atoms with E-state index < -0.39 is 0 Å². The van der Waals surface area contributed by atoms with E-state index in [9.17, 15) is 9.59 Å². The van der Waals surface area contributed by atoms with Gasteiger partial charge in [-0.3, -0.25) is 9.59 Å². The van der Waals surface area contributed by atoms with Gasteiger partial charge in [-0.25, -0.2) is 0 Å². The maximum Gasteiger partial charge on any atom is 0.226 e. The minimum absolute atomic E-state index is 0.0595. The molecule has 0 aliphatic rings. The van der Waals surface area contributed by atoms with Crippen molar-refractivity contribution in [3.05, 3.63) is 24.3 Å². The lowest BCUT2D eigenvalue weighted by Gasteiger charge is -2.11. The molecule has 0 heterocycles. The van der Waals surface area contributed by atoms with Gasteiger partial charge in [-0.1, -0.05) is 27.7 Å².